The largest absolute Gasteiger partial charge is 0.290 e. The fourth-order valence-electron chi connectivity index (χ4n) is 0.832. The van der Waals surface area contributed by atoms with E-state index < -0.39 is 0 Å². The van der Waals surface area contributed by atoms with Crippen LogP contribution < -0.4 is 0 Å². The molecule has 2 aliphatic rings. The van der Waals surface area contributed by atoms with Crippen LogP contribution in [0, 0.1) is 0 Å². The van der Waals surface area contributed by atoms with E-state index in [9.17, 15) is 9.59 Å². The fourth-order valence-corrected chi connectivity index (χ4v) is 0.832. The van der Waals surface area contributed by atoms with Crippen molar-refractivity contribution in [3.05, 3.63) is 48.6 Å². The molecule has 0 N–H and O–H groups in total. The molecule has 0 aromatic rings. The second kappa shape index (κ2) is 5.04. The molecule has 0 saturated heterocycles. The van der Waals surface area contributed by atoms with Gasteiger partial charge in [-0.1, -0.05) is 24.3 Å². The number of hydrogen-bond donors (Lipinski definition) is 0. The summed E-state index contributed by atoms with van der Waals surface area (Å²) in [5.41, 5.74) is 0. The quantitative estimate of drug-likeness (QED) is 0.524. The average Bonchev–Trinajstić information content (AvgIpc) is 2.68. The normalized spacial score (nSPS) is 17.5. The van der Waals surface area contributed by atoms with Gasteiger partial charge in [-0.05, 0) is 30.7 Å². The van der Waals surface area contributed by atoms with Crippen molar-refractivity contribution in [2.75, 3.05) is 0 Å². The van der Waals surface area contributed by atoms with Crippen molar-refractivity contribution >= 4 is 11.6 Å². The zero-order chi connectivity index (χ0) is 9.52. The molecule has 0 radical (unpaired) electrons. The molecule has 13 heavy (non-hydrogen) atoms. The Morgan fingerprint density at radius 1 is 0.769 bits per heavy atom. The maximum atomic E-state index is 10.3. The van der Waals surface area contributed by atoms with Crippen molar-refractivity contribution in [2.45, 2.75) is 6.42 Å². The van der Waals surface area contributed by atoms with Crippen molar-refractivity contribution in [1.29, 1.82) is 0 Å². The average molecular weight is 174 g/mol. The van der Waals surface area contributed by atoms with E-state index in [0.717, 1.165) is 6.42 Å². The second-order valence-electron chi connectivity index (χ2n) is 2.56. The predicted octanol–water partition coefficient (Wildman–Crippen LogP) is 1.75. The van der Waals surface area contributed by atoms with E-state index in [-0.39, 0.29) is 11.6 Å². The molecule has 2 heteroatoms. The first-order valence-electron chi connectivity index (χ1n) is 4.05. The number of ketones is 2. The summed E-state index contributed by atoms with van der Waals surface area (Å²) < 4.78 is 0. The van der Waals surface area contributed by atoms with Crippen molar-refractivity contribution in [1.82, 2.24) is 0 Å². The number of rotatable bonds is 0. The molecule has 0 heterocycles. The van der Waals surface area contributed by atoms with Crippen LogP contribution in [0.5, 0.6) is 0 Å². The minimum Gasteiger partial charge on any atom is -0.290 e. The molecule has 0 amide bonds. The van der Waals surface area contributed by atoms with Crippen LogP contribution in [0.4, 0.5) is 0 Å². The van der Waals surface area contributed by atoms with E-state index in [1.807, 2.05) is 0 Å². The highest BCUT2D eigenvalue weighted by Crippen LogP contribution is 1.93. The molecular formula is C11H10O2. The van der Waals surface area contributed by atoms with Crippen LogP contribution in [-0.2, 0) is 9.59 Å². The van der Waals surface area contributed by atoms with Gasteiger partial charge in [-0.15, -0.1) is 0 Å². The molecule has 0 unspecified atom stereocenters. The minimum atomic E-state index is -0.121. The first kappa shape index (κ1) is 9.39. The zero-order valence-corrected chi connectivity index (χ0v) is 7.14. The Hall–Kier alpha value is -1.70. The molecular weight excluding hydrogens is 164 g/mol. The summed E-state index contributed by atoms with van der Waals surface area (Å²) in [6.07, 6.45) is 14.5. The van der Waals surface area contributed by atoms with Crippen LogP contribution in [0.25, 0.3) is 0 Å². The summed E-state index contributed by atoms with van der Waals surface area (Å²) in [4.78, 5) is 20.6. The first-order chi connectivity index (χ1) is 6.29. The number of carbonyl (C=O) groups is 2. The van der Waals surface area contributed by atoms with E-state index in [2.05, 4.69) is 24.3 Å². The van der Waals surface area contributed by atoms with Gasteiger partial charge in [0.2, 0.25) is 0 Å². The third kappa shape index (κ3) is 4.01. The number of allylic oxidation sites excluding steroid dienone is 8. The maximum Gasteiger partial charge on any atom is 0.178 e. The lowest BCUT2D eigenvalue weighted by Crippen LogP contribution is -1.97. The van der Waals surface area contributed by atoms with E-state index in [4.69, 9.17) is 0 Å². The van der Waals surface area contributed by atoms with E-state index in [1.165, 1.54) is 24.3 Å². The Labute approximate surface area is 76.9 Å². The lowest BCUT2D eigenvalue weighted by atomic mass is 10.2. The predicted molar refractivity (Wildman–Crippen MR) is 51.2 cm³/mol. The van der Waals surface area contributed by atoms with Gasteiger partial charge in [0.05, 0.1) is 0 Å². The van der Waals surface area contributed by atoms with Crippen molar-refractivity contribution < 1.29 is 9.59 Å². The van der Waals surface area contributed by atoms with Crippen LogP contribution in [0.2, 0.25) is 0 Å². The molecule has 0 atom stereocenters. The van der Waals surface area contributed by atoms with E-state index >= 15 is 0 Å². The van der Waals surface area contributed by atoms with Crippen molar-refractivity contribution in [3.63, 3.8) is 0 Å². The first-order valence-corrected chi connectivity index (χ1v) is 4.05. The molecule has 0 fully saturated rings. The lowest BCUT2D eigenvalue weighted by molar-refractivity contribution is -0.113. The maximum absolute atomic E-state index is 10.3. The van der Waals surface area contributed by atoms with E-state index in [0.29, 0.717) is 0 Å². The van der Waals surface area contributed by atoms with Crippen molar-refractivity contribution in [2.24, 2.45) is 0 Å². The van der Waals surface area contributed by atoms with Gasteiger partial charge in [-0.2, -0.15) is 0 Å². The Bertz CT molecular complexity index is 269. The summed E-state index contributed by atoms with van der Waals surface area (Å²) in [6, 6.07) is 0. The van der Waals surface area contributed by atoms with Gasteiger partial charge in [-0.25, -0.2) is 0 Å². The van der Waals surface area contributed by atoms with Gasteiger partial charge in [0.15, 0.2) is 11.6 Å². The molecule has 0 aromatic heterocycles. The third-order valence-corrected chi connectivity index (χ3v) is 1.48. The Morgan fingerprint density at radius 2 is 1.15 bits per heavy atom. The van der Waals surface area contributed by atoms with Crippen LogP contribution in [0.1, 0.15) is 6.42 Å². The summed E-state index contributed by atoms with van der Waals surface area (Å²) in [5.74, 6) is -0.241. The second-order valence-corrected chi connectivity index (χ2v) is 2.56. The standard InChI is InChI=1S/C6H4O2.C5H6/c7-5-1-2-6(8)4-3-5;1-2-4-5-3-1/h1-4H;1-4H,5H2. The van der Waals surface area contributed by atoms with Crippen molar-refractivity contribution in [3.8, 4) is 0 Å². The van der Waals surface area contributed by atoms with Crippen LogP contribution in [0.15, 0.2) is 48.6 Å². The number of carbonyl (C=O) groups excluding carboxylic acids is 2. The summed E-state index contributed by atoms with van der Waals surface area (Å²) in [5, 5.41) is 0. The van der Waals surface area contributed by atoms with Crippen LogP contribution in [0.3, 0.4) is 0 Å². The molecule has 0 spiro atoms. The molecule has 0 bridgehead atoms. The van der Waals surface area contributed by atoms with Gasteiger partial charge < -0.3 is 0 Å². The van der Waals surface area contributed by atoms with Gasteiger partial charge in [0, 0.05) is 0 Å². The molecule has 0 aromatic carbocycles. The fraction of sp³-hybridized carbons (Fsp3) is 0.0909. The topological polar surface area (TPSA) is 34.1 Å². The number of hydrogen-bond acceptors (Lipinski definition) is 2. The monoisotopic (exact) mass is 174 g/mol. The molecule has 0 saturated carbocycles. The third-order valence-electron chi connectivity index (χ3n) is 1.48. The molecule has 2 nitrogen and oxygen atoms in total. The molecule has 2 rings (SSSR count). The molecule has 2 aliphatic carbocycles. The van der Waals surface area contributed by atoms with Crippen LogP contribution >= 0.6 is 0 Å². The highest BCUT2D eigenvalue weighted by Gasteiger charge is 1.97. The van der Waals surface area contributed by atoms with Gasteiger partial charge in [-0.3, -0.25) is 9.59 Å². The SMILES string of the molecule is C1=CCC=C1.O=C1C=CC(=O)C=C1. The Morgan fingerprint density at radius 3 is 1.38 bits per heavy atom. The Kier molecular flexibility index (Phi) is 3.64. The lowest BCUT2D eigenvalue weighted by Gasteiger charge is -1.87. The van der Waals surface area contributed by atoms with Gasteiger partial charge in [0.25, 0.3) is 0 Å². The van der Waals surface area contributed by atoms with Gasteiger partial charge >= 0.3 is 0 Å². The zero-order valence-electron chi connectivity index (χ0n) is 7.14. The van der Waals surface area contributed by atoms with Gasteiger partial charge in [0.1, 0.15) is 0 Å². The minimum absolute atomic E-state index is 0.121. The molecule has 0 aliphatic heterocycles. The van der Waals surface area contributed by atoms with Crippen LogP contribution in [-0.4, -0.2) is 11.6 Å². The smallest absolute Gasteiger partial charge is 0.178 e. The summed E-state index contributed by atoms with van der Waals surface area (Å²) in [6.45, 7) is 0. The Balaban J connectivity index is 0.000000145. The summed E-state index contributed by atoms with van der Waals surface area (Å²) >= 11 is 0. The molecule has 66 valence electrons. The summed E-state index contributed by atoms with van der Waals surface area (Å²) in [7, 11) is 0. The van der Waals surface area contributed by atoms with E-state index in [1.54, 1.807) is 0 Å². The highest BCUT2D eigenvalue weighted by atomic mass is 16.1. The highest BCUT2D eigenvalue weighted by molar-refractivity contribution is 6.14.